The monoisotopic (exact) mass is 663 g/mol. The van der Waals surface area contributed by atoms with Gasteiger partial charge in [0.2, 0.25) is 17.7 Å². The van der Waals surface area contributed by atoms with E-state index in [0.717, 1.165) is 5.56 Å². The van der Waals surface area contributed by atoms with Crippen molar-refractivity contribution in [3.63, 3.8) is 0 Å². The van der Waals surface area contributed by atoms with E-state index >= 15 is 0 Å². The molecule has 2 aromatic rings. The van der Waals surface area contributed by atoms with Gasteiger partial charge in [0.05, 0.1) is 18.8 Å². The standard InChI is InChI=1S/C34H45N7O7/c1-6-24(19-42)37-31(44)27-15-25(48-34(47)40-14-11-22-9-7-8-10-23(22)17-40)18-41(27)33(46)29(21(4)5)39-32(45)28(20(2)3)38-30(43)26-16-35-12-13-36-26/h7-10,12-13,16,19-21,24-25,27-29H,6,11,14-15,17-18H2,1-5H3,(H,37,44)(H,38,43)(H,39,45)/t24-,25+,27-,28+,29+/m0/s1. The molecule has 3 N–H and O–H groups in total. The molecule has 258 valence electrons. The van der Waals surface area contributed by atoms with Crippen molar-refractivity contribution in [2.75, 3.05) is 13.1 Å². The SMILES string of the molecule is CC[C@@H](C=O)NC(=O)[C@@H]1C[C@@H](OC(=O)N2CCc3ccccc3C2)CN1C(=O)[C@H](NC(=O)[C@H](NC(=O)c1cnccn1)C(C)C)C(C)C. The Labute approximate surface area is 280 Å². The van der Waals surface area contributed by atoms with Gasteiger partial charge in [-0.2, -0.15) is 0 Å². The lowest BCUT2D eigenvalue weighted by Gasteiger charge is -2.32. The maximum atomic E-state index is 14.2. The van der Waals surface area contributed by atoms with Gasteiger partial charge in [-0.05, 0) is 35.8 Å². The molecule has 0 unspecified atom stereocenters. The van der Waals surface area contributed by atoms with Gasteiger partial charge in [-0.1, -0.05) is 58.9 Å². The Kier molecular flexibility index (Phi) is 12.2. The molecule has 5 atom stereocenters. The lowest BCUT2D eigenvalue weighted by atomic mass is 9.98. The molecule has 4 rings (SSSR count). The van der Waals surface area contributed by atoms with Crippen molar-refractivity contribution in [2.24, 2.45) is 11.8 Å². The first-order chi connectivity index (χ1) is 22.9. The fourth-order valence-electron chi connectivity index (χ4n) is 5.86. The molecule has 0 saturated carbocycles. The predicted octanol–water partition coefficient (Wildman–Crippen LogP) is 1.63. The highest BCUT2D eigenvalue weighted by molar-refractivity contribution is 5.98. The van der Waals surface area contributed by atoms with Crippen LogP contribution in [0.2, 0.25) is 0 Å². The number of carbonyl (C=O) groups excluding carboxylic acids is 6. The Morgan fingerprint density at radius 2 is 1.69 bits per heavy atom. The highest BCUT2D eigenvalue weighted by Crippen LogP contribution is 2.26. The zero-order chi connectivity index (χ0) is 35.0. The quantitative estimate of drug-likeness (QED) is 0.285. The lowest BCUT2D eigenvalue weighted by molar-refractivity contribution is -0.143. The third-order valence-electron chi connectivity index (χ3n) is 8.70. The minimum absolute atomic E-state index is 0.0184. The minimum atomic E-state index is -1.08. The molecule has 1 aromatic carbocycles. The third-order valence-corrected chi connectivity index (χ3v) is 8.70. The van der Waals surface area contributed by atoms with E-state index in [1.807, 2.05) is 24.3 Å². The fourth-order valence-corrected chi connectivity index (χ4v) is 5.86. The van der Waals surface area contributed by atoms with Crippen molar-refractivity contribution in [3.05, 3.63) is 59.7 Å². The van der Waals surface area contributed by atoms with E-state index in [1.54, 1.807) is 39.5 Å². The van der Waals surface area contributed by atoms with Gasteiger partial charge in [-0.3, -0.25) is 24.2 Å². The number of aldehydes is 1. The largest absolute Gasteiger partial charge is 0.444 e. The molecule has 5 amide bonds. The number of benzene rings is 1. The van der Waals surface area contributed by atoms with E-state index in [1.165, 1.54) is 29.1 Å². The van der Waals surface area contributed by atoms with Crippen molar-refractivity contribution in [3.8, 4) is 0 Å². The zero-order valence-electron chi connectivity index (χ0n) is 28.0. The maximum Gasteiger partial charge on any atom is 0.410 e. The van der Waals surface area contributed by atoms with Gasteiger partial charge in [0, 0.05) is 31.9 Å². The molecule has 0 radical (unpaired) electrons. The lowest BCUT2D eigenvalue weighted by Crippen LogP contribution is -2.59. The number of likely N-dealkylation sites (tertiary alicyclic amines) is 1. The van der Waals surface area contributed by atoms with Crippen LogP contribution in [0.25, 0.3) is 0 Å². The molecule has 3 heterocycles. The average Bonchev–Trinajstić information content (AvgIpc) is 3.51. The van der Waals surface area contributed by atoms with Crippen LogP contribution >= 0.6 is 0 Å². The van der Waals surface area contributed by atoms with E-state index in [0.29, 0.717) is 32.2 Å². The number of amides is 5. The summed E-state index contributed by atoms with van der Waals surface area (Å²) in [6, 6.07) is 3.98. The third kappa shape index (κ3) is 8.72. The van der Waals surface area contributed by atoms with Gasteiger partial charge in [-0.25, -0.2) is 9.78 Å². The second-order valence-electron chi connectivity index (χ2n) is 12.9. The molecule has 1 saturated heterocycles. The first-order valence-electron chi connectivity index (χ1n) is 16.4. The van der Waals surface area contributed by atoms with Crippen molar-refractivity contribution in [1.29, 1.82) is 0 Å². The summed E-state index contributed by atoms with van der Waals surface area (Å²) in [5.74, 6) is -3.05. The number of hydrogen-bond acceptors (Lipinski definition) is 9. The van der Waals surface area contributed by atoms with Crippen LogP contribution in [0, 0.1) is 11.8 Å². The number of nitrogens with one attached hydrogen (secondary N) is 3. The van der Waals surface area contributed by atoms with Crippen molar-refractivity contribution >= 4 is 36.0 Å². The molecule has 0 bridgehead atoms. The Morgan fingerprint density at radius 1 is 0.979 bits per heavy atom. The second-order valence-corrected chi connectivity index (χ2v) is 12.9. The van der Waals surface area contributed by atoms with Crippen LogP contribution < -0.4 is 16.0 Å². The normalized spacial score (nSPS) is 19.1. The van der Waals surface area contributed by atoms with E-state index in [-0.39, 0.29) is 24.6 Å². The number of fused-ring (bicyclic) bond motifs is 1. The second kappa shape index (κ2) is 16.3. The smallest absolute Gasteiger partial charge is 0.410 e. The van der Waals surface area contributed by atoms with Gasteiger partial charge >= 0.3 is 6.09 Å². The Morgan fingerprint density at radius 3 is 2.31 bits per heavy atom. The summed E-state index contributed by atoms with van der Waals surface area (Å²) in [6.45, 7) is 9.54. The van der Waals surface area contributed by atoms with E-state index in [9.17, 15) is 28.8 Å². The number of aromatic nitrogens is 2. The fraction of sp³-hybridized carbons (Fsp3) is 0.529. The summed E-state index contributed by atoms with van der Waals surface area (Å²) in [4.78, 5) is 89.6. The first kappa shape index (κ1) is 36.0. The summed E-state index contributed by atoms with van der Waals surface area (Å²) in [5, 5.41) is 8.13. The van der Waals surface area contributed by atoms with E-state index in [2.05, 4.69) is 25.9 Å². The van der Waals surface area contributed by atoms with Crippen molar-refractivity contribution in [1.82, 2.24) is 35.7 Å². The molecule has 14 heteroatoms. The van der Waals surface area contributed by atoms with Crippen LogP contribution in [0.4, 0.5) is 4.79 Å². The molecular formula is C34H45N7O7. The molecule has 48 heavy (non-hydrogen) atoms. The van der Waals surface area contributed by atoms with Gasteiger partial charge in [0.15, 0.2) is 0 Å². The highest BCUT2D eigenvalue weighted by atomic mass is 16.6. The molecular weight excluding hydrogens is 618 g/mol. The molecule has 0 spiro atoms. The number of carbonyl (C=O) groups is 6. The van der Waals surface area contributed by atoms with Crippen molar-refractivity contribution < 1.29 is 33.5 Å². The Bertz CT molecular complexity index is 1490. The van der Waals surface area contributed by atoms with Crippen LogP contribution in [0.1, 0.15) is 69.1 Å². The summed E-state index contributed by atoms with van der Waals surface area (Å²) in [5.41, 5.74) is 2.24. The molecule has 1 fully saturated rings. The number of nitrogens with zero attached hydrogens (tertiary/aromatic N) is 4. The van der Waals surface area contributed by atoms with Gasteiger partial charge in [0.1, 0.15) is 36.2 Å². The maximum absolute atomic E-state index is 14.2. The highest BCUT2D eigenvalue weighted by Gasteiger charge is 2.45. The molecule has 2 aliphatic heterocycles. The van der Waals surface area contributed by atoms with Crippen LogP contribution in [0.5, 0.6) is 0 Å². The van der Waals surface area contributed by atoms with Crippen molar-refractivity contribution in [2.45, 2.75) is 90.7 Å². The summed E-state index contributed by atoms with van der Waals surface area (Å²) in [6.07, 6.45) is 4.41. The van der Waals surface area contributed by atoms with Crippen LogP contribution in [0.3, 0.4) is 0 Å². The topological polar surface area (TPSA) is 180 Å². The summed E-state index contributed by atoms with van der Waals surface area (Å²) < 4.78 is 5.86. The van der Waals surface area contributed by atoms with Gasteiger partial charge in [-0.15, -0.1) is 0 Å². The number of hydrogen-bond donors (Lipinski definition) is 3. The zero-order valence-corrected chi connectivity index (χ0v) is 28.0. The van der Waals surface area contributed by atoms with Crippen LogP contribution in [0.15, 0.2) is 42.9 Å². The number of rotatable bonds is 12. The van der Waals surface area contributed by atoms with E-state index < -0.39 is 65.9 Å². The van der Waals surface area contributed by atoms with Crippen LogP contribution in [-0.2, 0) is 36.9 Å². The van der Waals surface area contributed by atoms with E-state index in [4.69, 9.17) is 4.74 Å². The average molecular weight is 664 g/mol. The molecule has 0 aliphatic carbocycles. The van der Waals surface area contributed by atoms with Gasteiger partial charge in [0.25, 0.3) is 5.91 Å². The van der Waals surface area contributed by atoms with Crippen LogP contribution in [-0.4, -0.2) is 99.1 Å². The predicted molar refractivity (Wildman–Crippen MR) is 174 cm³/mol. The molecule has 14 nitrogen and oxygen atoms in total. The first-order valence-corrected chi connectivity index (χ1v) is 16.4. The number of ether oxygens (including phenoxy) is 1. The van der Waals surface area contributed by atoms with Gasteiger partial charge < -0.3 is 35.3 Å². The minimum Gasteiger partial charge on any atom is -0.444 e. The molecule has 1 aromatic heterocycles. The Hall–Kier alpha value is -4.88. The summed E-state index contributed by atoms with van der Waals surface area (Å²) >= 11 is 0. The Balaban J connectivity index is 1.50. The summed E-state index contributed by atoms with van der Waals surface area (Å²) in [7, 11) is 0. The molecule has 2 aliphatic rings.